The summed E-state index contributed by atoms with van der Waals surface area (Å²) in [4.78, 5) is 11.0. The number of carboxylic acids is 1. The highest BCUT2D eigenvalue weighted by Gasteiger charge is 2.32. The number of sulfonamides is 1. The SMILES string of the molecule is O=C(O)c1n[nH]c2c1CCN(S(=O)(=O)c1cccs1)C2. The van der Waals surface area contributed by atoms with Crippen LogP contribution in [0.25, 0.3) is 0 Å². The molecule has 0 saturated carbocycles. The number of carboxylic acid groups (broad SMARTS) is 1. The molecule has 0 unspecified atom stereocenters. The van der Waals surface area contributed by atoms with Crippen molar-refractivity contribution < 1.29 is 18.3 Å². The Labute approximate surface area is 118 Å². The van der Waals surface area contributed by atoms with Gasteiger partial charge in [0.1, 0.15) is 4.21 Å². The van der Waals surface area contributed by atoms with Crippen LogP contribution in [0.15, 0.2) is 21.7 Å². The van der Waals surface area contributed by atoms with Crippen LogP contribution in [0.2, 0.25) is 0 Å². The highest BCUT2D eigenvalue weighted by atomic mass is 32.2. The second-order valence-corrected chi connectivity index (χ2v) is 7.47. The van der Waals surface area contributed by atoms with Crippen LogP contribution in [-0.4, -0.2) is 40.5 Å². The second-order valence-electron chi connectivity index (χ2n) is 4.36. The van der Waals surface area contributed by atoms with Gasteiger partial charge < -0.3 is 5.11 Å². The third-order valence-electron chi connectivity index (χ3n) is 3.19. The molecule has 0 spiro atoms. The molecule has 3 rings (SSSR count). The summed E-state index contributed by atoms with van der Waals surface area (Å²) in [6.07, 6.45) is 0.345. The van der Waals surface area contributed by atoms with E-state index in [0.29, 0.717) is 21.9 Å². The quantitative estimate of drug-likeness (QED) is 0.877. The van der Waals surface area contributed by atoms with Crippen molar-refractivity contribution in [2.45, 2.75) is 17.2 Å². The van der Waals surface area contributed by atoms with Crippen LogP contribution in [0.4, 0.5) is 0 Å². The first-order valence-electron chi connectivity index (χ1n) is 5.83. The van der Waals surface area contributed by atoms with Gasteiger partial charge in [0, 0.05) is 12.1 Å². The minimum atomic E-state index is -3.52. The number of H-pyrrole nitrogens is 1. The summed E-state index contributed by atoms with van der Waals surface area (Å²) in [5.74, 6) is -1.10. The predicted octanol–water partition coefficient (Wildman–Crippen LogP) is 0.916. The number of aromatic carboxylic acids is 1. The lowest BCUT2D eigenvalue weighted by atomic mass is 10.1. The Morgan fingerprint density at radius 3 is 2.95 bits per heavy atom. The predicted molar refractivity (Wildman–Crippen MR) is 71.2 cm³/mol. The van der Waals surface area contributed by atoms with E-state index in [1.807, 2.05) is 0 Å². The molecule has 0 fully saturated rings. The van der Waals surface area contributed by atoms with Gasteiger partial charge in [-0.25, -0.2) is 13.2 Å². The summed E-state index contributed by atoms with van der Waals surface area (Å²) < 4.78 is 26.4. The van der Waals surface area contributed by atoms with E-state index < -0.39 is 16.0 Å². The fourth-order valence-corrected chi connectivity index (χ4v) is 4.77. The summed E-state index contributed by atoms with van der Waals surface area (Å²) in [7, 11) is -3.52. The molecular weight excluding hydrogens is 302 g/mol. The Morgan fingerprint density at radius 2 is 2.30 bits per heavy atom. The van der Waals surface area contributed by atoms with Crippen LogP contribution < -0.4 is 0 Å². The van der Waals surface area contributed by atoms with Gasteiger partial charge in [0.25, 0.3) is 10.0 Å². The molecule has 0 aromatic carbocycles. The summed E-state index contributed by atoms with van der Waals surface area (Å²) in [5.41, 5.74) is 1.12. The summed E-state index contributed by atoms with van der Waals surface area (Å²) in [6.45, 7) is 0.378. The van der Waals surface area contributed by atoms with Crippen molar-refractivity contribution >= 4 is 27.3 Å². The fourth-order valence-electron chi connectivity index (χ4n) is 2.21. The molecule has 2 aromatic rings. The van der Waals surface area contributed by atoms with Crippen molar-refractivity contribution in [1.82, 2.24) is 14.5 Å². The number of hydrogen-bond acceptors (Lipinski definition) is 5. The summed E-state index contributed by atoms with van der Waals surface area (Å²) in [5, 5.41) is 17.1. The Morgan fingerprint density at radius 1 is 1.50 bits per heavy atom. The Bertz CT molecular complexity index is 749. The van der Waals surface area contributed by atoms with E-state index in [-0.39, 0.29) is 18.8 Å². The monoisotopic (exact) mass is 313 g/mol. The maximum Gasteiger partial charge on any atom is 0.356 e. The highest BCUT2D eigenvalue weighted by Crippen LogP contribution is 2.27. The Hall–Kier alpha value is -1.71. The average Bonchev–Trinajstić information content (AvgIpc) is 3.07. The van der Waals surface area contributed by atoms with Gasteiger partial charge in [0.2, 0.25) is 0 Å². The van der Waals surface area contributed by atoms with Crippen LogP contribution in [0.3, 0.4) is 0 Å². The topological polar surface area (TPSA) is 103 Å². The molecule has 0 aliphatic carbocycles. The van der Waals surface area contributed by atoms with Gasteiger partial charge in [-0.3, -0.25) is 5.10 Å². The number of fused-ring (bicyclic) bond motifs is 1. The van der Waals surface area contributed by atoms with Gasteiger partial charge in [-0.2, -0.15) is 9.40 Å². The molecular formula is C11H11N3O4S2. The number of thiophene rings is 1. The van der Waals surface area contributed by atoms with Crippen molar-refractivity contribution in [2.24, 2.45) is 0 Å². The molecule has 7 nitrogen and oxygen atoms in total. The second kappa shape index (κ2) is 4.69. The van der Waals surface area contributed by atoms with Crippen molar-refractivity contribution in [3.8, 4) is 0 Å². The molecule has 1 aliphatic heterocycles. The molecule has 20 heavy (non-hydrogen) atoms. The van der Waals surface area contributed by atoms with E-state index in [0.717, 1.165) is 0 Å². The third-order valence-corrected chi connectivity index (χ3v) is 6.41. The molecule has 2 N–H and O–H groups in total. The normalized spacial score (nSPS) is 16.0. The zero-order valence-corrected chi connectivity index (χ0v) is 11.9. The van der Waals surface area contributed by atoms with Crippen LogP contribution in [0.1, 0.15) is 21.7 Å². The first-order valence-corrected chi connectivity index (χ1v) is 8.15. The number of rotatable bonds is 3. The van der Waals surface area contributed by atoms with Crippen molar-refractivity contribution in [3.05, 3.63) is 34.5 Å². The number of aromatic amines is 1. The molecule has 0 amide bonds. The number of nitrogens with one attached hydrogen (secondary N) is 1. The van der Waals surface area contributed by atoms with E-state index in [2.05, 4.69) is 10.2 Å². The van der Waals surface area contributed by atoms with E-state index in [1.165, 1.54) is 15.6 Å². The van der Waals surface area contributed by atoms with Crippen LogP contribution >= 0.6 is 11.3 Å². The molecule has 9 heteroatoms. The summed E-state index contributed by atoms with van der Waals surface area (Å²) in [6, 6.07) is 3.25. The highest BCUT2D eigenvalue weighted by molar-refractivity contribution is 7.91. The summed E-state index contributed by atoms with van der Waals surface area (Å²) >= 11 is 1.17. The van der Waals surface area contributed by atoms with Gasteiger partial charge in [0.05, 0.1) is 12.2 Å². The molecule has 106 valence electrons. The maximum atomic E-state index is 12.4. The van der Waals surface area contributed by atoms with E-state index in [9.17, 15) is 13.2 Å². The molecule has 0 radical (unpaired) electrons. The van der Waals surface area contributed by atoms with Gasteiger partial charge in [-0.05, 0) is 17.9 Å². The molecule has 0 atom stereocenters. The molecule has 2 aromatic heterocycles. The van der Waals surface area contributed by atoms with Gasteiger partial charge in [-0.1, -0.05) is 6.07 Å². The van der Waals surface area contributed by atoms with Gasteiger partial charge in [0.15, 0.2) is 5.69 Å². The smallest absolute Gasteiger partial charge is 0.356 e. The standard InChI is InChI=1S/C11H11N3O4S2/c15-11(16)10-7-3-4-14(6-8(7)12-13-10)20(17,18)9-2-1-5-19-9/h1-2,5H,3-4,6H2,(H,12,13)(H,15,16). The maximum absolute atomic E-state index is 12.4. The Balaban J connectivity index is 1.92. The lowest BCUT2D eigenvalue weighted by Gasteiger charge is -2.25. The Kier molecular flexibility index (Phi) is 3.11. The van der Waals surface area contributed by atoms with Crippen molar-refractivity contribution in [1.29, 1.82) is 0 Å². The zero-order valence-electron chi connectivity index (χ0n) is 10.2. The van der Waals surface area contributed by atoms with Crippen LogP contribution in [-0.2, 0) is 23.0 Å². The van der Waals surface area contributed by atoms with Crippen molar-refractivity contribution in [2.75, 3.05) is 6.54 Å². The minimum Gasteiger partial charge on any atom is -0.476 e. The minimum absolute atomic E-state index is 0.0202. The van der Waals surface area contributed by atoms with Crippen LogP contribution in [0, 0.1) is 0 Å². The number of carbonyl (C=O) groups is 1. The van der Waals surface area contributed by atoms with Gasteiger partial charge >= 0.3 is 5.97 Å². The third kappa shape index (κ3) is 2.03. The fraction of sp³-hybridized carbons (Fsp3) is 0.273. The van der Waals surface area contributed by atoms with E-state index in [1.54, 1.807) is 17.5 Å². The lowest BCUT2D eigenvalue weighted by Crippen LogP contribution is -2.35. The lowest BCUT2D eigenvalue weighted by molar-refractivity contribution is 0.0689. The van der Waals surface area contributed by atoms with E-state index in [4.69, 9.17) is 5.11 Å². The molecule has 0 saturated heterocycles. The van der Waals surface area contributed by atoms with Crippen molar-refractivity contribution in [3.63, 3.8) is 0 Å². The first kappa shape index (κ1) is 13.3. The number of hydrogen-bond donors (Lipinski definition) is 2. The molecule has 0 bridgehead atoms. The molecule has 3 heterocycles. The number of nitrogens with zero attached hydrogens (tertiary/aromatic N) is 2. The largest absolute Gasteiger partial charge is 0.476 e. The van der Waals surface area contributed by atoms with Crippen LogP contribution in [0.5, 0.6) is 0 Å². The molecule has 1 aliphatic rings. The van der Waals surface area contributed by atoms with Gasteiger partial charge in [-0.15, -0.1) is 11.3 Å². The first-order chi connectivity index (χ1) is 9.50. The average molecular weight is 313 g/mol. The van der Waals surface area contributed by atoms with E-state index >= 15 is 0 Å². The zero-order chi connectivity index (χ0) is 14.3. The number of aromatic nitrogens is 2.